The molecule has 3 heteroatoms. The molecule has 2 aromatic carbocycles. The molecule has 2 rings (SSSR count). The second kappa shape index (κ2) is 6.29. The molecule has 0 saturated carbocycles. The number of benzene rings is 2. The van der Waals surface area contributed by atoms with Gasteiger partial charge < -0.3 is 10.5 Å². The van der Waals surface area contributed by atoms with Crippen molar-refractivity contribution in [2.75, 3.05) is 0 Å². The average molecular weight is 290 g/mol. The molecule has 0 heterocycles. The second-order valence-electron chi connectivity index (χ2n) is 5.28. The molecule has 0 saturated heterocycles. The Bertz CT molecular complexity index is 608. The van der Waals surface area contributed by atoms with Crippen molar-refractivity contribution >= 4 is 11.6 Å². The number of rotatable bonds is 4. The summed E-state index contributed by atoms with van der Waals surface area (Å²) in [6, 6.07) is 11.8. The number of halogens is 1. The Morgan fingerprint density at radius 2 is 1.85 bits per heavy atom. The van der Waals surface area contributed by atoms with Crippen LogP contribution >= 0.6 is 11.6 Å². The lowest BCUT2D eigenvalue weighted by Gasteiger charge is -2.14. The van der Waals surface area contributed by atoms with E-state index >= 15 is 0 Å². The summed E-state index contributed by atoms with van der Waals surface area (Å²) in [5.41, 5.74) is 9.41. The average Bonchev–Trinajstić information content (AvgIpc) is 2.37. The molecule has 2 N–H and O–H groups in total. The van der Waals surface area contributed by atoms with E-state index in [1.165, 1.54) is 11.1 Å². The predicted molar refractivity (Wildman–Crippen MR) is 84.8 cm³/mol. The van der Waals surface area contributed by atoms with E-state index < -0.39 is 0 Å². The number of hydrogen-bond acceptors (Lipinski definition) is 2. The van der Waals surface area contributed by atoms with Gasteiger partial charge in [-0.1, -0.05) is 23.7 Å². The summed E-state index contributed by atoms with van der Waals surface area (Å²) in [6.45, 7) is 6.14. The minimum Gasteiger partial charge on any atom is -0.457 e. The normalized spacial score (nSPS) is 12.2. The summed E-state index contributed by atoms with van der Waals surface area (Å²) in [4.78, 5) is 0. The monoisotopic (exact) mass is 289 g/mol. The Labute approximate surface area is 125 Å². The number of nitrogens with two attached hydrogens (primary N) is 1. The first-order valence-corrected chi connectivity index (χ1v) is 7.12. The Hall–Kier alpha value is -1.51. The first-order chi connectivity index (χ1) is 9.45. The van der Waals surface area contributed by atoms with E-state index in [2.05, 4.69) is 19.9 Å². The summed E-state index contributed by atoms with van der Waals surface area (Å²) >= 11 is 6.06. The quantitative estimate of drug-likeness (QED) is 0.890. The standard InChI is InChI=1S/C17H20ClNO/c1-11-4-7-16(8-12(11)2)20-17-10-15(18)6-5-14(17)9-13(3)19/h4-8,10,13H,9,19H2,1-3H3. The maximum Gasteiger partial charge on any atom is 0.132 e. The molecular weight excluding hydrogens is 270 g/mol. The van der Waals surface area contributed by atoms with Crippen molar-refractivity contribution < 1.29 is 4.74 Å². The molecule has 0 fully saturated rings. The van der Waals surface area contributed by atoms with Crippen LogP contribution in [0.25, 0.3) is 0 Å². The topological polar surface area (TPSA) is 35.2 Å². The smallest absolute Gasteiger partial charge is 0.132 e. The number of aryl methyl sites for hydroxylation is 2. The minimum atomic E-state index is 0.0817. The van der Waals surface area contributed by atoms with Gasteiger partial charge in [0.15, 0.2) is 0 Å². The second-order valence-corrected chi connectivity index (χ2v) is 5.72. The van der Waals surface area contributed by atoms with Gasteiger partial charge in [-0.3, -0.25) is 0 Å². The van der Waals surface area contributed by atoms with Gasteiger partial charge in [-0.05, 0) is 68.1 Å². The summed E-state index contributed by atoms with van der Waals surface area (Å²) in [7, 11) is 0. The summed E-state index contributed by atoms with van der Waals surface area (Å²) < 4.78 is 5.99. The third-order valence-corrected chi connectivity index (χ3v) is 3.51. The highest BCUT2D eigenvalue weighted by molar-refractivity contribution is 6.30. The van der Waals surface area contributed by atoms with Gasteiger partial charge >= 0.3 is 0 Å². The zero-order valence-electron chi connectivity index (χ0n) is 12.1. The molecular formula is C17H20ClNO. The van der Waals surface area contributed by atoms with Crippen LogP contribution in [-0.2, 0) is 6.42 Å². The third kappa shape index (κ3) is 3.75. The van der Waals surface area contributed by atoms with Crippen molar-refractivity contribution in [1.82, 2.24) is 0 Å². The molecule has 1 atom stereocenters. The van der Waals surface area contributed by atoms with Crippen LogP contribution in [0.1, 0.15) is 23.6 Å². The molecule has 1 unspecified atom stereocenters. The van der Waals surface area contributed by atoms with Crippen LogP contribution in [0.5, 0.6) is 11.5 Å². The Balaban J connectivity index is 2.31. The van der Waals surface area contributed by atoms with Gasteiger partial charge in [-0.25, -0.2) is 0 Å². The molecule has 2 aromatic rings. The van der Waals surface area contributed by atoms with Crippen molar-refractivity contribution in [2.45, 2.75) is 33.2 Å². The molecule has 2 nitrogen and oxygen atoms in total. The Morgan fingerprint density at radius 3 is 2.50 bits per heavy atom. The number of ether oxygens (including phenoxy) is 1. The van der Waals surface area contributed by atoms with Crippen molar-refractivity contribution in [2.24, 2.45) is 5.73 Å². The molecule has 0 bridgehead atoms. The lowest BCUT2D eigenvalue weighted by Crippen LogP contribution is -2.18. The predicted octanol–water partition coefficient (Wildman–Crippen LogP) is 4.64. The Morgan fingerprint density at radius 1 is 1.10 bits per heavy atom. The van der Waals surface area contributed by atoms with Gasteiger partial charge in [-0.15, -0.1) is 0 Å². The van der Waals surface area contributed by atoms with Crippen LogP contribution in [0.3, 0.4) is 0 Å². The van der Waals surface area contributed by atoms with Crippen LogP contribution < -0.4 is 10.5 Å². The van der Waals surface area contributed by atoms with Gasteiger partial charge in [0.2, 0.25) is 0 Å². The maximum absolute atomic E-state index is 6.06. The van der Waals surface area contributed by atoms with Gasteiger partial charge in [0.25, 0.3) is 0 Å². The molecule has 0 aliphatic carbocycles. The molecule has 0 aromatic heterocycles. The fourth-order valence-electron chi connectivity index (χ4n) is 2.04. The van der Waals surface area contributed by atoms with Crippen LogP contribution in [-0.4, -0.2) is 6.04 Å². The van der Waals surface area contributed by atoms with E-state index in [4.69, 9.17) is 22.1 Å². The van der Waals surface area contributed by atoms with Crippen LogP contribution in [0, 0.1) is 13.8 Å². The zero-order valence-corrected chi connectivity index (χ0v) is 12.9. The Kier molecular flexibility index (Phi) is 4.69. The molecule has 106 valence electrons. The van der Waals surface area contributed by atoms with Gasteiger partial charge in [0, 0.05) is 11.1 Å². The summed E-state index contributed by atoms with van der Waals surface area (Å²) in [5, 5.41) is 0.664. The summed E-state index contributed by atoms with van der Waals surface area (Å²) in [5.74, 6) is 1.60. The number of hydrogen-bond donors (Lipinski definition) is 1. The van der Waals surface area contributed by atoms with E-state index in [9.17, 15) is 0 Å². The van der Waals surface area contributed by atoms with E-state index in [0.717, 1.165) is 23.5 Å². The van der Waals surface area contributed by atoms with Crippen LogP contribution in [0.4, 0.5) is 0 Å². The van der Waals surface area contributed by atoms with Crippen molar-refractivity contribution in [3.05, 3.63) is 58.1 Å². The molecule has 0 aliphatic heterocycles. The molecule has 0 aliphatic rings. The highest BCUT2D eigenvalue weighted by atomic mass is 35.5. The van der Waals surface area contributed by atoms with Crippen LogP contribution in [0.15, 0.2) is 36.4 Å². The van der Waals surface area contributed by atoms with E-state index in [1.54, 1.807) is 0 Å². The first-order valence-electron chi connectivity index (χ1n) is 6.75. The highest BCUT2D eigenvalue weighted by Crippen LogP contribution is 2.30. The molecule has 0 radical (unpaired) electrons. The fourth-order valence-corrected chi connectivity index (χ4v) is 2.21. The first kappa shape index (κ1) is 14.9. The molecule has 0 spiro atoms. The van der Waals surface area contributed by atoms with E-state index in [0.29, 0.717) is 5.02 Å². The lowest BCUT2D eigenvalue weighted by atomic mass is 10.1. The van der Waals surface area contributed by atoms with Crippen LogP contribution in [0.2, 0.25) is 5.02 Å². The molecule has 20 heavy (non-hydrogen) atoms. The summed E-state index contributed by atoms with van der Waals surface area (Å²) in [6.07, 6.45) is 0.761. The SMILES string of the molecule is Cc1ccc(Oc2cc(Cl)ccc2CC(C)N)cc1C. The zero-order chi connectivity index (χ0) is 14.7. The van der Waals surface area contributed by atoms with Gasteiger partial charge in [-0.2, -0.15) is 0 Å². The fraction of sp³-hybridized carbons (Fsp3) is 0.294. The van der Waals surface area contributed by atoms with E-state index in [-0.39, 0.29) is 6.04 Å². The maximum atomic E-state index is 6.06. The van der Waals surface area contributed by atoms with E-state index in [1.807, 2.05) is 37.3 Å². The van der Waals surface area contributed by atoms with Gasteiger partial charge in [0.05, 0.1) is 0 Å². The van der Waals surface area contributed by atoms with Gasteiger partial charge in [0.1, 0.15) is 11.5 Å². The third-order valence-electron chi connectivity index (χ3n) is 3.28. The van der Waals surface area contributed by atoms with Crippen molar-refractivity contribution in [3.8, 4) is 11.5 Å². The highest BCUT2D eigenvalue weighted by Gasteiger charge is 2.09. The minimum absolute atomic E-state index is 0.0817. The van der Waals surface area contributed by atoms with Crippen molar-refractivity contribution in [3.63, 3.8) is 0 Å². The largest absolute Gasteiger partial charge is 0.457 e. The van der Waals surface area contributed by atoms with Crippen molar-refractivity contribution in [1.29, 1.82) is 0 Å². The lowest BCUT2D eigenvalue weighted by molar-refractivity contribution is 0.473. The molecule has 0 amide bonds.